The van der Waals surface area contributed by atoms with E-state index >= 15 is 0 Å². The van der Waals surface area contributed by atoms with Crippen LogP contribution >= 0.6 is 11.3 Å². The highest BCUT2D eigenvalue weighted by Crippen LogP contribution is 2.34. The molecule has 0 bridgehead atoms. The molecule has 1 N–H and O–H groups in total. The molecule has 0 unspecified atom stereocenters. The van der Waals surface area contributed by atoms with Gasteiger partial charge in [0, 0.05) is 17.8 Å². The van der Waals surface area contributed by atoms with Crippen molar-refractivity contribution in [3.63, 3.8) is 0 Å². The molecule has 0 spiro atoms. The summed E-state index contributed by atoms with van der Waals surface area (Å²) in [5, 5.41) is 7.08. The van der Waals surface area contributed by atoms with Crippen LogP contribution in [0.3, 0.4) is 0 Å². The lowest BCUT2D eigenvalue weighted by molar-refractivity contribution is 0.631. The quantitative estimate of drug-likeness (QED) is 0.848. The first-order valence-electron chi connectivity index (χ1n) is 6.57. The van der Waals surface area contributed by atoms with Gasteiger partial charge in [0.2, 0.25) is 0 Å². The van der Waals surface area contributed by atoms with Crippen LogP contribution in [0.1, 0.15) is 55.1 Å². The zero-order chi connectivity index (χ0) is 10.8. The van der Waals surface area contributed by atoms with E-state index in [1.165, 1.54) is 55.8 Å². The molecule has 2 fully saturated rings. The number of hydrogen-bond donors (Lipinski definition) is 1. The van der Waals surface area contributed by atoms with Gasteiger partial charge >= 0.3 is 0 Å². The van der Waals surface area contributed by atoms with Gasteiger partial charge in [0.1, 0.15) is 5.01 Å². The first kappa shape index (κ1) is 10.7. The Hall–Kier alpha value is -0.410. The van der Waals surface area contributed by atoms with Crippen molar-refractivity contribution < 1.29 is 0 Å². The zero-order valence-corrected chi connectivity index (χ0v) is 10.6. The summed E-state index contributed by atoms with van der Waals surface area (Å²) in [4.78, 5) is 4.77. The molecule has 0 amide bonds. The van der Waals surface area contributed by atoms with E-state index in [2.05, 4.69) is 10.7 Å². The molecule has 0 aliphatic heterocycles. The van der Waals surface area contributed by atoms with Crippen molar-refractivity contribution >= 4 is 11.3 Å². The standard InChI is InChI=1S/C13H20N2S/c1-2-4-11(3-1)12-9-16-13(15-12)8-14-7-10-5-6-10/h9-11,14H,1-8H2. The normalized spacial score (nSPS) is 21.8. The molecule has 0 saturated heterocycles. The van der Waals surface area contributed by atoms with Gasteiger partial charge in [-0.3, -0.25) is 0 Å². The van der Waals surface area contributed by atoms with Crippen molar-refractivity contribution in [2.45, 2.75) is 51.0 Å². The third-order valence-electron chi connectivity index (χ3n) is 3.75. The Morgan fingerprint density at radius 2 is 2.06 bits per heavy atom. The third kappa shape index (κ3) is 2.64. The highest BCUT2D eigenvalue weighted by atomic mass is 32.1. The van der Waals surface area contributed by atoms with E-state index in [9.17, 15) is 0 Å². The Kier molecular flexibility index (Phi) is 3.25. The maximum absolute atomic E-state index is 4.77. The van der Waals surface area contributed by atoms with Crippen molar-refractivity contribution in [1.82, 2.24) is 10.3 Å². The first-order chi connectivity index (χ1) is 7.92. The summed E-state index contributed by atoms with van der Waals surface area (Å²) in [7, 11) is 0. The minimum Gasteiger partial charge on any atom is -0.310 e. The van der Waals surface area contributed by atoms with Gasteiger partial charge in [-0.15, -0.1) is 11.3 Å². The molecule has 88 valence electrons. The number of aromatic nitrogens is 1. The zero-order valence-electron chi connectivity index (χ0n) is 9.74. The third-order valence-corrected chi connectivity index (χ3v) is 4.62. The van der Waals surface area contributed by atoms with Crippen molar-refractivity contribution in [2.75, 3.05) is 6.54 Å². The molecular formula is C13H20N2S. The lowest BCUT2D eigenvalue weighted by Gasteiger charge is -2.03. The molecule has 1 heterocycles. The van der Waals surface area contributed by atoms with Crippen molar-refractivity contribution in [3.05, 3.63) is 16.1 Å². The Bertz CT molecular complexity index is 337. The molecule has 3 rings (SSSR count). The van der Waals surface area contributed by atoms with Gasteiger partial charge in [-0.05, 0) is 38.1 Å². The van der Waals surface area contributed by atoms with Crippen LogP contribution in [-0.4, -0.2) is 11.5 Å². The molecule has 0 aromatic carbocycles. The number of rotatable bonds is 5. The Morgan fingerprint density at radius 1 is 1.25 bits per heavy atom. The highest BCUT2D eigenvalue weighted by Gasteiger charge is 2.21. The van der Waals surface area contributed by atoms with Crippen LogP contribution in [0, 0.1) is 5.92 Å². The van der Waals surface area contributed by atoms with Gasteiger partial charge in [-0.1, -0.05) is 12.8 Å². The first-order valence-corrected chi connectivity index (χ1v) is 7.45. The van der Waals surface area contributed by atoms with Crippen LogP contribution in [0.2, 0.25) is 0 Å². The maximum Gasteiger partial charge on any atom is 0.107 e. The topological polar surface area (TPSA) is 24.9 Å². The fraction of sp³-hybridized carbons (Fsp3) is 0.769. The molecule has 2 nitrogen and oxygen atoms in total. The van der Waals surface area contributed by atoms with Crippen molar-refractivity contribution in [3.8, 4) is 0 Å². The van der Waals surface area contributed by atoms with Crippen LogP contribution in [0.5, 0.6) is 0 Å². The summed E-state index contributed by atoms with van der Waals surface area (Å²) < 4.78 is 0. The smallest absolute Gasteiger partial charge is 0.107 e. The fourth-order valence-electron chi connectivity index (χ4n) is 2.52. The van der Waals surface area contributed by atoms with Gasteiger partial charge < -0.3 is 5.32 Å². The van der Waals surface area contributed by atoms with Gasteiger partial charge in [-0.25, -0.2) is 4.98 Å². The summed E-state index contributed by atoms with van der Waals surface area (Å²) in [6.07, 6.45) is 8.38. The van der Waals surface area contributed by atoms with E-state index in [0.717, 1.165) is 18.4 Å². The van der Waals surface area contributed by atoms with Crippen LogP contribution in [-0.2, 0) is 6.54 Å². The number of hydrogen-bond acceptors (Lipinski definition) is 3. The summed E-state index contributed by atoms with van der Waals surface area (Å²) in [6, 6.07) is 0. The minimum atomic E-state index is 0.772. The van der Waals surface area contributed by atoms with Crippen LogP contribution in [0.25, 0.3) is 0 Å². The van der Waals surface area contributed by atoms with E-state index in [1.807, 2.05) is 11.3 Å². The highest BCUT2D eigenvalue weighted by molar-refractivity contribution is 7.09. The molecule has 3 heteroatoms. The number of nitrogens with one attached hydrogen (secondary N) is 1. The second-order valence-electron chi connectivity index (χ2n) is 5.22. The molecule has 0 radical (unpaired) electrons. The maximum atomic E-state index is 4.77. The second-order valence-corrected chi connectivity index (χ2v) is 6.16. The number of nitrogens with zero attached hydrogens (tertiary/aromatic N) is 1. The van der Waals surface area contributed by atoms with E-state index in [-0.39, 0.29) is 0 Å². The molecule has 1 aromatic rings. The average Bonchev–Trinajstić information content (AvgIpc) is 2.83. The van der Waals surface area contributed by atoms with Crippen molar-refractivity contribution in [2.24, 2.45) is 5.92 Å². The van der Waals surface area contributed by atoms with E-state index < -0.39 is 0 Å². The molecule has 2 aliphatic rings. The monoisotopic (exact) mass is 236 g/mol. The Labute approximate surface area is 101 Å². The lowest BCUT2D eigenvalue weighted by atomic mass is 10.1. The summed E-state index contributed by atoms with van der Waals surface area (Å²) in [6.45, 7) is 2.17. The molecule has 2 aliphatic carbocycles. The largest absolute Gasteiger partial charge is 0.310 e. The lowest BCUT2D eigenvalue weighted by Crippen LogP contribution is -2.15. The fourth-order valence-corrected chi connectivity index (χ4v) is 3.37. The Morgan fingerprint density at radius 3 is 2.81 bits per heavy atom. The number of thiazole rings is 1. The minimum absolute atomic E-state index is 0.772. The predicted molar refractivity (Wildman–Crippen MR) is 67.8 cm³/mol. The molecule has 2 saturated carbocycles. The predicted octanol–water partition coefficient (Wildman–Crippen LogP) is 3.30. The van der Waals surface area contributed by atoms with Gasteiger partial charge in [-0.2, -0.15) is 0 Å². The summed E-state index contributed by atoms with van der Waals surface area (Å²) in [5.74, 6) is 1.74. The van der Waals surface area contributed by atoms with Gasteiger partial charge in [0.15, 0.2) is 0 Å². The molecule has 1 aromatic heterocycles. The summed E-state index contributed by atoms with van der Waals surface area (Å²) in [5.41, 5.74) is 1.37. The Balaban J connectivity index is 1.50. The van der Waals surface area contributed by atoms with E-state index in [4.69, 9.17) is 4.98 Å². The van der Waals surface area contributed by atoms with E-state index in [0.29, 0.717) is 0 Å². The van der Waals surface area contributed by atoms with Crippen molar-refractivity contribution in [1.29, 1.82) is 0 Å². The van der Waals surface area contributed by atoms with Crippen LogP contribution in [0.15, 0.2) is 5.38 Å². The average molecular weight is 236 g/mol. The van der Waals surface area contributed by atoms with Gasteiger partial charge in [0.25, 0.3) is 0 Å². The van der Waals surface area contributed by atoms with E-state index in [1.54, 1.807) is 0 Å². The molecular weight excluding hydrogens is 216 g/mol. The van der Waals surface area contributed by atoms with Crippen LogP contribution in [0.4, 0.5) is 0 Å². The molecule has 0 atom stereocenters. The second kappa shape index (κ2) is 4.84. The van der Waals surface area contributed by atoms with Gasteiger partial charge in [0.05, 0.1) is 5.69 Å². The summed E-state index contributed by atoms with van der Waals surface area (Å²) >= 11 is 1.83. The van der Waals surface area contributed by atoms with Crippen LogP contribution < -0.4 is 5.32 Å². The SMILES string of the molecule is c1sc(CNCC2CC2)nc1C1CCCC1. The molecule has 16 heavy (non-hydrogen) atoms.